The summed E-state index contributed by atoms with van der Waals surface area (Å²) in [6.07, 6.45) is -0.604. The molecular formula is C11H17N3O4. The molecule has 0 saturated carbocycles. The van der Waals surface area contributed by atoms with Crippen LogP contribution in [-0.2, 0) is 9.53 Å². The third-order valence-electron chi connectivity index (χ3n) is 2.78. The first-order chi connectivity index (χ1) is 8.45. The van der Waals surface area contributed by atoms with E-state index >= 15 is 0 Å². The number of hydrogen-bond acceptors (Lipinski definition) is 4. The predicted molar refractivity (Wildman–Crippen MR) is 61.8 cm³/mol. The van der Waals surface area contributed by atoms with E-state index in [1.807, 2.05) is 6.07 Å². The summed E-state index contributed by atoms with van der Waals surface area (Å²) in [4.78, 5) is 25.6. The zero-order chi connectivity index (χ0) is 13.7. The number of rotatable bonds is 3. The van der Waals surface area contributed by atoms with Crippen molar-refractivity contribution in [1.82, 2.24) is 9.80 Å². The van der Waals surface area contributed by atoms with Gasteiger partial charge in [0.1, 0.15) is 0 Å². The first-order valence-corrected chi connectivity index (χ1v) is 5.69. The molecule has 0 aromatic carbocycles. The Labute approximate surface area is 106 Å². The summed E-state index contributed by atoms with van der Waals surface area (Å²) in [5.41, 5.74) is 0. The number of morpholine rings is 1. The first-order valence-electron chi connectivity index (χ1n) is 5.69. The summed E-state index contributed by atoms with van der Waals surface area (Å²) < 4.78 is 5.14. The zero-order valence-corrected chi connectivity index (χ0v) is 10.5. The second-order valence-electron chi connectivity index (χ2n) is 4.34. The van der Waals surface area contributed by atoms with Crippen molar-refractivity contribution in [3.63, 3.8) is 0 Å². The molecular weight excluding hydrogens is 238 g/mol. The lowest BCUT2D eigenvalue weighted by atomic mass is 10.2. The van der Waals surface area contributed by atoms with E-state index in [1.165, 1.54) is 9.80 Å². The highest BCUT2D eigenvalue weighted by molar-refractivity contribution is 5.76. The highest BCUT2D eigenvalue weighted by Crippen LogP contribution is 2.08. The lowest BCUT2D eigenvalue weighted by Crippen LogP contribution is -2.50. The van der Waals surface area contributed by atoms with E-state index in [-0.39, 0.29) is 19.1 Å². The van der Waals surface area contributed by atoms with Crippen LogP contribution >= 0.6 is 0 Å². The molecule has 1 aliphatic heterocycles. The number of hydrogen-bond donors (Lipinski definition) is 1. The molecule has 1 fully saturated rings. The molecule has 1 N–H and O–H groups in total. The molecule has 1 aliphatic rings. The Balaban J connectivity index is 2.53. The highest BCUT2D eigenvalue weighted by Gasteiger charge is 2.27. The Morgan fingerprint density at radius 1 is 1.67 bits per heavy atom. The molecule has 18 heavy (non-hydrogen) atoms. The molecule has 0 aromatic rings. The topological polar surface area (TPSA) is 93.9 Å². The van der Waals surface area contributed by atoms with Gasteiger partial charge in [-0.1, -0.05) is 6.92 Å². The molecule has 0 spiro atoms. The van der Waals surface area contributed by atoms with Gasteiger partial charge in [0.2, 0.25) is 0 Å². The largest absolute Gasteiger partial charge is 0.481 e. The van der Waals surface area contributed by atoms with Gasteiger partial charge in [0.15, 0.2) is 6.10 Å². The van der Waals surface area contributed by atoms with Gasteiger partial charge in [-0.3, -0.25) is 4.79 Å². The molecule has 0 bridgehead atoms. The van der Waals surface area contributed by atoms with Crippen molar-refractivity contribution in [1.29, 1.82) is 5.26 Å². The van der Waals surface area contributed by atoms with Crippen LogP contribution < -0.4 is 0 Å². The molecule has 100 valence electrons. The van der Waals surface area contributed by atoms with Crippen LogP contribution in [0.2, 0.25) is 0 Å². The fourth-order valence-electron chi connectivity index (χ4n) is 1.71. The minimum atomic E-state index is -0.938. The normalized spacial score (nSPS) is 20.9. The number of nitrogens with zero attached hydrogens (tertiary/aromatic N) is 3. The monoisotopic (exact) mass is 255 g/mol. The van der Waals surface area contributed by atoms with Crippen molar-refractivity contribution in [2.45, 2.75) is 13.0 Å². The molecule has 2 atom stereocenters. The SMILES string of the molecule is CC(CN(C)C(=O)N1CCOC(C#N)C1)C(=O)O. The predicted octanol–water partition coefficient (Wildman–Crippen LogP) is -0.0167. The van der Waals surface area contributed by atoms with Crippen LogP contribution in [0.15, 0.2) is 0 Å². The number of carboxylic acid groups (broad SMARTS) is 1. The number of carbonyl (C=O) groups is 2. The van der Waals surface area contributed by atoms with Gasteiger partial charge in [-0.25, -0.2) is 4.79 Å². The highest BCUT2D eigenvalue weighted by atomic mass is 16.5. The van der Waals surface area contributed by atoms with Gasteiger partial charge in [-0.2, -0.15) is 5.26 Å². The van der Waals surface area contributed by atoms with E-state index in [0.717, 1.165) is 0 Å². The number of carbonyl (C=O) groups excluding carboxylic acids is 1. The van der Waals surface area contributed by atoms with Crippen LogP contribution in [0.1, 0.15) is 6.92 Å². The van der Waals surface area contributed by atoms with Crippen molar-refractivity contribution in [3.05, 3.63) is 0 Å². The quantitative estimate of drug-likeness (QED) is 0.765. The Morgan fingerprint density at radius 2 is 2.33 bits per heavy atom. The zero-order valence-electron chi connectivity index (χ0n) is 10.5. The summed E-state index contributed by atoms with van der Waals surface area (Å²) in [5.74, 6) is -1.56. The Hall–Kier alpha value is -1.81. The van der Waals surface area contributed by atoms with E-state index in [0.29, 0.717) is 13.2 Å². The fourth-order valence-corrected chi connectivity index (χ4v) is 1.71. The van der Waals surface area contributed by atoms with Gasteiger partial charge in [0.25, 0.3) is 0 Å². The second kappa shape index (κ2) is 6.21. The van der Waals surface area contributed by atoms with Crippen LogP contribution in [0, 0.1) is 17.2 Å². The van der Waals surface area contributed by atoms with Gasteiger partial charge >= 0.3 is 12.0 Å². The molecule has 0 aromatic heterocycles. The maximum atomic E-state index is 12.0. The Morgan fingerprint density at radius 3 is 2.89 bits per heavy atom. The van der Waals surface area contributed by atoms with E-state index in [9.17, 15) is 9.59 Å². The molecule has 1 saturated heterocycles. The summed E-state index contributed by atoms with van der Waals surface area (Å²) >= 11 is 0. The first kappa shape index (κ1) is 14.3. The van der Waals surface area contributed by atoms with Gasteiger partial charge < -0.3 is 19.6 Å². The lowest BCUT2D eigenvalue weighted by molar-refractivity contribution is -0.141. The van der Waals surface area contributed by atoms with E-state index in [4.69, 9.17) is 15.1 Å². The maximum absolute atomic E-state index is 12.0. The van der Waals surface area contributed by atoms with Crippen molar-refractivity contribution in [2.75, 3.05) is 33.3 Å². The van der Waals surface area contributed by atoms with Crippen LogP contribution in [0.3, 0.4) is 0 Å². The van der Waals surface area contributed by atoms with Crippen molar-refractivity contribution < 1.29 is 19.4 Å². The second-order valence-corrected chi connectivity index (χ2v) is 4.34. The summed E-state index contributed by atoms with van der Waals surface area (Å²) in [7, 11) is 1.55. The average Bonchev–Trinajstić information content (AvgIpc) is 2.37. The number of carboxylic acids is 1. The molecule has 1 heterocycles. The van der Waals surface area contributed by atoms with Gasteiger partial charge in [-0.15, -0.1) is 0 Å². The van der Waals surface area contributed by atoms with Crippen LogP contribution in [0.25, 0.3) is 0 Å². The molecule has 2 amide bonds. The maximum Gasteiger partial charge on any atom is 0.319 e. The Bertz CT molecular complexity index is 366. The van der Waals surface area contributed by atoms with Crippen LogP contribution in [0.4, 0.5) is 4.79 Å². The van der Waals surface area contributed by atoms with Crippen molar-refractivity contribution in [2.24, 2.45) is 5.92 Å². The lowest BCUT2D eigenvalue weighted by Gasteiger charge is -2.33. The fraction of sp³-hybridized carbons (Fsp3) is 0.727. The van der Waals surface area contributed by atoms with Crippen molar-refractivity contribution >= 4 is 12.0 Å². The smallest absolute Gasteiger partial charge is 0.319 e. The summed E-state index contributed by atoms with van der Waals surface area (Å²) in [5, 5.41) is 17.5. The summed E-state index contributed by atoms with van der Waals surface area (Å²) in [6.45, 7) is 2.66. The molecule has 2 unspecified atom stereocenters. The summed E-state index contributed by atoms with van der Waals surface area (Å²) in [6, 6.07) is 1.69. The van der Waals surface area contributed by atoms with Crippen LogP contribution in [-0.4, -0.2) is 66.3 Å². The van der Waals surface area contributed by atoms with Crippen LogP contribution in [0.5, 0.6) is 0 Å². The van der Waals surface area contributed by atoms with Crippen molar-refractivity contribution in [3.8, 4) is 6.07 Å². The van der Waals surface area contributed by atoms with Gasteiger partial charge in [-0.05, 0) is 0 Å². The molecule has 0 aliphatic carbocycles. The Kier molecular flexibility index (Phi) is 4.92. The third kappa shape index (κ3) is 3.60. The number of aliphatic carboxylic acids is 1. The van der Waals surface area contributed by atoms with E-state index in [1.54, 1.807) is 14.0 Å². The number of ether oxygens (including phenoxy) is 1. The number of amides is 2. The number of nitriles is 1. The molecule has 0 radical (unpaired) electrons. The minimum Gasteiger partial charge on any atom is -0.481 e. The molecule has 7 nitrogen and oxygen atoms in total. The molecule has 1 rings (SSSR count). The van der Waals surface area contributed by atoms with E-state index in [2.05, 4.69) is 0 Å². The standard InChI is InChI=1S/C11H17N3O4/c1-8(10(15)16)6-13(2)11(17)14-3-4-18-9(5-12)7-14/h8-9H,3-4,6-7H2,1-2H3,(H,15,16). The average molecular weight is 255 g/mol. The third-order valence-corrected chi connectivity index (χ3v) is 2.78. The van der Waals surface area contributed by atoms with E-state index < -0.39 is 18.0 Å². The number of urea groups is 1. The molecule has 7 heteroatoms. The van der Waals surface area contributed by atoms with Gasteiger partial charge in [0.05, 0.1) is 25.1 Å². The minimum absolute atomic E-state index is 0.142. The van der Waals surface area contributed by atoms with Gasteiger partial charge in [0, 0.05) is 20.1 Å².